The number of rotatable bonds is 7. The summed E-state index contributed by atoms with van der Waals surface area (Å²) in [5.74, 6) is -0.565. The number of amides is 1. The average Bonchev–Trinajstić information content (AvgIpc) is 2.38. The van der Waals surface area contributed by atoms with Crippen LogP contribution in [-0.2, 0) is 11.3 Å². The van der Waals surface area contributed by atoms with Crippen LogP contribution < -0.4 is 0 Å². The van der Waals surface area contributed by atoms with Crippen molar-refractivity contribution in [3.63, 3.8) is 0 Å². The maximum atomic E-state index is 12.3. The molecule has 0 aliphatic rings. The third kappa shape index (κ3) is 6.94. The first kappa shape index (κ1) is 17.2. The molecule has 21 heavy (non-hydrogen) atoms. The van der Waals surface area contributed by atoms with Gasteiger partial charge in [0.2, 0.25) is 5.91 Å². The van der Waals surface area contributed by atoms with Crippen molar-refractivity contribution in [3.8, 4) is 0 Å². The molecule has 116 valence electrons. The van der Waals surface area contributed by atoms with Gasteiger partial charge in [-0.3, -0.25) is 9.69 Å². The number of hydrogen-bond acceptors (Lipinski definition) is 2. The Balaban J connectivity index is 2.61. The van der Waals surface area contributed by atoms with Gasteiger partial charge >= 0.3 is 6.18 Å². The predicted octanol–water partition coefficient (Wildman–Crippen LogP) is 2.70. The molecule has 0 spiro atoms. The molecule has 0 aromatic heterocycles. The fourth-order valence-electron chi connectivity index (χ4n) is 1.88. The fraction of sp³-hybridized carbons (Fsp3) is 0.400. The number of nitrogens with zero attached hydrogens (tertiary/aromatic N) is 2. The summed E-state index contributed by atoms with van der Waals surface area (Å²) >= 11 is 0. The Hall–Kier alpha value is -1.82. The van der Waals surface area contributed by atoms with Crippen molar-refractivity contribution in [2.75, 3.05) is 26.7 Å². The minimum Gasteiger partial charge on any atom is -0.336 e. The Morgan fingerprint density at radius 3 is 2.43 bits per heavy atom. The molecular formula is C15H19F3N2O. The molecule has 0 N–H and O–H groups in total. The maximum Gasteiger partial charge on any atom is 0.406 e. The van der Waals surface area contributed by atoms with E-state index in [0.29, 0.717) is 18.0 Å². The summed E-state index contributed by atoms with van der Waals surface area (Å²) in [5.41, 5.74) is 0.991. The number of hydrogen-bond donors (Lipinski definition) is 0. The zero-order chi connectivity index (χ0) is 15.9. The lowest BCUT2D eigenvalue weighted by Crippen LogP contribution is -2.42. The first-order valence-corrected chi connectivity index (χ1v) is 6.49. The van der Waals surface area contributed by atoms with Crippen molar-refractivity contribution in [3.05, 3.63) is 48.6 Å². The first-order valence-electron chi connectivity index (χ1n) is 6.49. The summed E-state index contributed by atoms with van der Waals surface area (Å²) in [7, 11) is 1.16. The summed E-state index contributed by atoms with van der Waals surface area (Å²) in [5, 5.41) is 0. The minimum atomic E-state index is -4.38. The number of alkyl halides is 3. The second-order valence-corrected chi connectivity index (χ2v) is 4.81. The van der Waals surface area contributed by atoms with E-state index in [9.17, 15) is 18.0 Å². The molecule has 0 unspecified atom stereocenters. The standard InChI is InChI=1S/C15H19F3N2O/c1-3-9-20(10-13-7-5-4-6-8-13)11-14(21)19(2)12-15(16,17)18/h3-8H,1,9-12H2,2H3. The number of benzene rings is 1. The van der Waals surface area contributed by atoms with Crippen LogP contribution in [0.25, 0.3) is 0 Å². The molecule has 0 bridgehead atoms. The topological polar surface area (TPSA) is 23.6 Å². The van der Waals surface area contributed by atoms with Gasteiger partial charge in [-0.25, -0.2) is 0 Å². The third-order valence-electron chi connectivity index (χ3n) is 2.84. The van der Waals surface area contributed by atoms with Crippen molar-refractivity contribution in [1.29, 1.82) is 0 Å². The minimum absolute atomic E-state index is 0.0759. The van der Waals surface area contributed by atoms with Crippen molar-refractivity contribution < 1.29 is 18.0 Å². The Kier molecular flexibility index (Phi) is 6.42. The van der Waals surface area contributed by atoms with Crippen LogP contribution in [-0.4, -0.2) is 48.6 Å². The summed E-state index contributed by atoms with van der Waals surface area (Å²) < 4.78 is 36.8. The third-order valence-corrected chi connectivity index (χ3v) is 2.84. The van der Waals surface area contributed by atoms with Gasteiger partial charge in [0.15, 0.2) is 0 Å². The molecule has 0 heterocycles. The normalized spacial score (nSPS) is 11.5. The SMILES string of the molecule is C=CCN(CC(=O)N(C)CC(F)(F)F)Cc1ccccc1. The van der Waals surface area contributed by atoms with E-state index in [-0.39, 0.29) is 6.54 Å². The Morgan fingerprint density at radius 2 is 1.90 bits per heavy atom. The van der Waals surface area contributed by atoms with Crippen LogP contribution in [0.4, 0.5) is 13.2 Å². The van der Waals surface area contributed by atoms with Gasteiger partial charge in [0.25, 0.3) is 0 Å². The second-order valence-electron chi connectivity index (χ2n) is 4.81. The van der Waals surface area contributed by atoms with Gasteiger partial charge < -0.3 is 4.90 Å². The van der Waals surface area contributed by atoms with Gasteiger partial charge in [0, 0.05) is 20.1 Å². The highest BCUT2D eigenvalue weighted by molar-refractivity contribution is 5.78. The van der Waals surface area contributed by atoms with Crippen LogP contribution in [0, 0.1) is 0 Å². The van der Waals surface area contributed by atoms with Crippen LogP contribution in [0.5, 0.6) is 0 Å². The van der Waals surface area contributed by atoms with Crippen LogP contribution in [0.3, 0.4) is 0 Å². The Bertz CT molecular complexity index is 460. The first-order chi connectivity index (χ1) is 9.81. The Morgan fingerprint density at radius 1 is 1.29 bits per heavy atom. The van der Waals surface area contributed by atoms with Crippen molar-refractivity contribution in [2.45, 2.75) is 12.7 Å². The van der Waals surface area contributed by atoms with Gasteiger partial charge in [0.05, 0.1) is 6.54 Å². The molecule has 1 rings (SSSR count). The van der Waals surface area contributed by atoms with Crippen LogP contribution in [0.15, 0.2) is 43.0 Å². The summed E-state index contributed by atoms with van der Waals surface area (Å²) in [4.78, 5) is 14.3. The zero-order valence-corrected chi connectivity index (χ0v) is 11.9. The van der Waals surface area contributed by atoms with Crippen molar-refractivity contribution in [2.24, 2.45) is 0 Å². The maximum absolute atomic E-state index is 12.3. The van der Waals surface area contributed by atoms with E-state index in [0.717, 1.165) is 12.6 Å². The van der Waals surface area contributed by atoms with Gasteiger partial charge in [-0.2, -0.15) is 13.2 Å². The number of carbonyl (C=O) groups excluding carboxylic acids is 1. The molecule has 0 saturated heterocycles. The number of carbonyl (C=O) groups is 1. The van der Waals surface area contributed by atoms with Gasteiger partial charge in [-0.05, 0) is 5.56 Å². The lowest BCUT2D eigenvalue weighted by Gasteiger charge is -2.24. The lowest BCUT2D eigenvalue weighted by atomic mass is 10.2. The molecule has 0 radical (unpaired) electrons. The molecule has 1 amide bonds. The van der Waals surface area contributed by atoms with Gasteiger partial charge in [-0.1, -0.05) is 36.4 Å². The van der Waals surface area contributed by atoms with E-state index in [1.165, 1.54) is 0 Å². The highest BCUT2D eigenvalue weighted by Crippen LogP contribution is 2.15. The van der Waals surface area contributed by atoms with Gasteiger partial charge in [0.1, 0.15) is 6.54 Å². The van der Waals surface area contributed by atoms with Crippen LogP contribution in [0.2, 0.25) is 0 Å². The summed E-state index contributed by atoms with van der Waals surface area (Å²) in [6, 6.07) is 9.43. The molecule has 0 fully saturated rings. The van der Waals surface area contributed by atoms with E-state index in [2.05, 4.69) is 6.58 Å². The molecule has 1 aromatic rings. The van der Waals surface area contributed by atoms with E-state index >= 15 is 0 Å². The van der Waals surface area contributed by atoms with Crippen LogP contribution >= 0.6 is 0 Å². The highest BCUT2D eigenvalue weighted by Gasteiger charge is 2.31. The Labute approximate surface area is 122 Å². The number of halogens is 3. The molecular weight excluding hydrogens is 281 g/mol. The molecule has 0 saturated carbocycles. The summed E-state index contributed by atoms with van der Waals surface area (Å²) in [6.07, 6.45) is -2.76. The second kappa shape index (κ2) is 7.83. The predicted molar refractivity (Wildman–Crippen MR) is 75.6 cm³/mol. The molecule has 3 nitrogen and oxygen atoms in total. The molecule has 0 atom stereocenters. The zero-order valence-electron chi connectivity index (χ0n) is 11.9. The smallest absolute Gasteiger partial charge is 0.336 e. The monoisotopic (exact) mass is 300 g/mol. The largest absolute Gasteiger partial charge is 0.406 e. The van der Waals surface area contributed by atoms with E-state index < -0.39 is 18.6 Å². The van der Waals surface area contributed by atoms with Crippen molar-refractivity contribution >= 4 is 5.91 Å². The average molecular weight is 300 g/mol. The number of likely N-dealkylation sites (N-methyl/N-ethyl adjacent to an activating group) is 1. The lowest BCUT2D eigenvalue weighted by molar-refractivity contribution is -0.159. The molecule has 0 aliphatic carbocycles. The van der Waals surface area contributed by atoms with E-state index in [1.807, 2.05) is 30.3 Å². The quantitative estimate of drug-likeness (QED) is 0.723. The molecule has 0 aliphatic heterocycles. The van der Waals surface area contributed by atoms with E-state index in [1.54, 1.807) is 11.0 Å². The molecule has 6 heteroatoms. The summed E-state index contributed by atoms with van der Waals surface area (Å²) in [6.45, 7) is 3.21. The van der Waals surface area contributed by atoms with Crippen LogP contribution in [0.1, 0.15) is 5.56 Å². The fourth-order valence-corrected chi connectivity index (χ4v) is 1.88. The van der Waals surface area contributed by atoms with Gasteiger partial charge in [-0.15, -0.1) is 6.58 Å². The molecule has 1 aromatic carbocycles. The van der Waals surface area contributed by atoms with Crippen molar-refractivity contribution in [1.82, 2.24) is 9.80 Å². The van der Waals surface area contributed by atoms with E-state index in [4.69, 9.17) is 0 Å². The highest BCUT2D eigenvalue weighted by atomic mass is 19.4.